The Hall–Kier alpha value is -0.340. The molecular weight excluding hydrogens is 178 g/mol. The summed E-state index contributed by atoms with van der Waals surface area (Å²) in [5, 5.41) is 3.44. The zero-order valence-corrected chi connectivity index (χ0v) is 9.37. The minimum Gasteiger partial charge on any atom is -0.312 e. The van der Waals surface area contributed by atoms with E-state index in [0.29, 0.717) is 11.5 Å². The molecule has 1 heterocycles. The van der Waals surface area contributed by atoms with Gasteiger partial charge in [-0.1, -0.05) is 6.92 Å². The van der Waals surface area contributed by atoms with Crippen LogP contribution < -0.4 is 5.32 Å². The van der Waals surface area contributed by atoms with Crippen molar-refractivity contribution in [2.45, 2.75) is 32.7 Å². The van der Waals surface area contributed by atoms with Crippen LogP contribution in [0.25, 0.3) is 0 Å². The van der Waals surface area contributed by atoms with Crippen LogP contribution in [-0.4, -0.2) is 7.05 Å². The Kier molecular flexibility index (Phi) is 2.20. The lowest BCUT2D eigenvalue weighted by Crippen LogP contribution is -2.23. The predicted octanol–water partition coefficient (Wildman–Crippen LogP) is 3.12. The van der Waals surface area contributed by atoms with Crippen LogP contribution in [0.2, 0.25) is 0 Å². The topological polar surface area (TPSA) is 12.0 Å². The van der Waals surface area contributed by atoms with Crippen molar-refractivity contribution in [2.24, 2.45) is 5.41 Å². The molecule has 1 N–H and O–H groups in total. The van der Waals surface area contributed by atoms with Crippen LogP contribution in [0, 0.1) is 12.3 Å². The standard InChI is InChI=1S/C11H17NS/c1-8-4-5-9(13-8)10(12-3)11(2)6-7-11/h4-5,10,12H,6-7H2,1-3H3. The van der Waals surface area contributed by atoms with Crippen LogP contribution >= 0.6 is 11.3 Å². The van der Waals surface area contributed by atoms with Crippen molar-refractivity contribution < 1.29 is 0 Å². The fourth-order valence-electron chi connectivity index (χ4n) is 1.93. The normalized spacial score (nSPS) is 21.5. The maximum Gasteiger partial charge on any atom is 0.0466 e. The average Bonchev–Trinajstić information content (AvgIpc) is 2.67. The minimum absolute atomic E-state index is 0.534. The minimum atomic E-state index is 0.534. The third-order valence-electron chi connectivity index (χ3n) is 3.07. The lowest BCUT2D eigenvalue weighted by Gasteiger charge is -2.21. The van der Waals surface area contributed by atoms with Crippen LogP contribution in [0.5, 0.6) is 0 Å². The highest BCUT2D eigenvalue weighted by Crippen LogP contribution is 2.55. The van der Waals surface area contributed by atoms with Gasteiger partial charge in [-0.2, -0.15) is 0 Å². The Labute approximate surface area is 84.2 Å². The van der Waals surface area contributed by atoms with E-state index >= 15 is 0 Å². The van der Waals surface area contributed by atoms with Crippen molar-refractivity contribution in [3.63, 3.8) is 0 Å². The van der Waals surface area contributed by atoms with Gasteiger partial charge in [-0.25, -0.2) is 0 Å². The molecule has 1 saturated carbocycles. The van der Waals surface area contributed by atoms with Crippen molar-refractivity contribution in [3.8, 4) is 0 Å². The Morgan fingerprint density at radius 1 is 1.46 bits per heavy atom. The van der Waals surface area contributed by atoms with Crippen LogP contribution in [0.1, 0.15) is 35.6 Å². The van der Waals surface area contributed by atoms with Gasteiger partial charge in [-0.3, -0.25) is 0 Å². The maximum atomic E-state index is 3.44. The van der Waals surface area contributed by atoms with Gasteiger partial charge < -0.3 is 5.32 Å². The van der Waals surface area contributed by atoms with E-state index in [1.807, 2.05) is 11.3 Å². The third-order valence-corrected chi connectivity index (χ3v) is 4.14. The van der Waals surface area contributed by atoms with Gasteiger partial charge in [0.15, 0.2) is 0 Å². The van der Waals surface area contributed by atoms with Gasteiger partial charge in [-0.05, 0) is 44.4 Å². The molecule has 1 aromatic rings. The van der Waals surface area contributed by atoms with Crippen LogP contribution in [0.3, 0.4) is 0 Å². The number of nitrogens with one attached hydrogen (secondary N) is 1. The second-order valence-corrected chi connectivity index (χ2v) is 5.64. The highest BCUT2D eigenvalue weighted by atomic mass is 32.1. The first-order valence-electron chi connectivity index (χ1n) is 4.89. The molecule has 1 unspecified atom stereocenters. The smallest absolute Gasteiger partial charge is 0.0466 e. The molecule has 1 nitrogen and oxygen atoms in total. The summed E-state index contributed by atoms with van der Waals surface area (Å²) in [7, 11) is 2.07. The maximum absolute atomic E-state index is 3.44. The third kappa shape index (κ3) is 1.65. The molecule has 0 aliphatic heterocycles. The highest BCUT2D eigenvalue weighted by Gasteiger charge is 2.45. The lowest BCUT2D eigenvalue weighted by atomic mass is 9.98. The van der Waals surface area contributed by atoms with Gasteiger partial charge in [0.1, 0.15) is 0 Å². The Bertz CT molecular complexity index is 299. The summed E-state index contributed by atoms with van der Waals surface area (Å²) in [5.74, 6) is 0. The van der Waals surface area contributed by atoms with E-state index in [0.717, 1.165) is 0 Å². The zero-order chi connectivity index (χ0) is 9.47. The van der Waals surface area contributed by atoms with Crippen LogP contribution in [0.15, 0.2) is 12.1 Å². The molecule has 1 aliphatic carbocycles. The number of hydrogen-bond donors (Lipinski definition) is 1. The molecule has 2 heteroatoms. The summed E-state index contributed by atoms with van der Waals surface area (Å²) >= 11 is 1.92. The van der Waals surface area contributed by atoms with Crippen molar-refractivity contribution in [2.75, 3.05) is 7.05 Å². The fourth-order valence-corrected chi connectivity index (χ4v) is 3.09. The quantitative estimate of drug-likeness (QED) is 0.781. The molecule has 0 spiro atoms. The van der Waals surface area contributed by atoms with E-state index in [1.54, 1.807) is 0 Å². The predicted molar refractivity (Wildman–Crippen MR) is 58.2 cm³/mol. The molecule has 0 aromatic carbocycles. The van der Waals surface area contributed by atoms with Crippen molar-refractivity contribution in [3.05, 3.63) is 21.9 Å². The molecule has 0 amide bonds. The summed E-state index contributed by atoms with van der Waals surface area (Å²) in [5.41, 5.74) is 0.534. The van der Waals surface area contributed by atoms with Gasteiger partial charge >= 0.3 is 0 Å². The summed E-state index contributed by atoms with van der Waals surface area (Å²) in [6, 6.07) is 5.06. The monoisotopic (exact) mass is 195 g/mol. The number of thiophene rings is 1. The van der Waals surface area contributed by atoms with Crippen LogP contribution in [0.4, 0.5) is 0 Å². The fraction of sp³-hybridized carbons (Fsp3) is 0.636. The van der Waals surface area contributed by atoms with Crippen molar-refractivity contribution >= 4 is 11.3 Å². The molecule has 2 rings (SSSR count). The first-order chi connectivity index (χ1) is 6.15. The Balaban J connectivity index is 2.22. The Morgan fingerprint density at radius 3 is 2.54 bits per heavy atom. The van der Waals surface area contributed by atoms with Gasteiger partial charge in [0, 0.05) is 15.8 Å². The summed E-state index contributed by atoms with van der Waals surface area (Å²) < 4.78 is 0. The SMILES string of the molecule is CNC(c1ccc(C)s1)C1(C)CC1. The van der Waals surface area contributed by atoms with Gasteiger partial charge in [0.25, 0.3) is 0 Å². The average molecular weight is 195 g/mol. The zero-order valence-electron chi connectivity index (χ0n) is 8.55. The van der Waals surface area contributed by atoms with E-state index in [2.05, 4.69) is 38.3 Å². The van der Waals surface area contributed by atoms with Gasteiger partial charge in [0.2, 0.25) is 0 Å². The molecule has 13 heavy (non-hydrogen) atoms. The van der Waals surface area contributed by atoms with E-state index in [4.69, 9.17) is 0 Å². The van der Waals surface area contributed by atoms with E-state index in [1.165, 1.54) is 22.6 Å². The molecule has 1 fully saturated rings. The second-order valence-electron chi connectivity index (χ2n) is 4.32. The lowest BCUT2D eigenvalue weighted by molar-refractivity contribution is 0.396. The summed E-state index contributed by atoms with van der Waals surface area (Å²) in [6.07, 6.45) is 2.74. The number of hydrogen-bond acceptors (Lipinski definition) is 2. The molecule has 1 aromatic heterocycles. The molecule has 0 saturated heterocycles. The number of aryl methyl sites for hydroxylation is 1. The molecular formula is C11H17NS. The van der Waals surface area contributed by atoms with E-state index in [-0.39, 0.29) is 0 Å². The first kappa shape index (κ1) is 9.22. The van der Waals surface area contributed by atoms with E-state index < -0.39 is 0 Å². The van der Waals surface area contributed by atoms with Crippen LogP contribution in [-0.2, 0) is 0 Å². The van der Waals surface area contributed by atoms with E-state index in [9.17, 15) is 0 Å². The molecule has 1 aliphatic rings. The Morgan fingerprint density at radius 2 is 2.15 bits per heavy atom. The summed E-state index contributed by atoms with van der Waals surface area (Å²) in [4.78, 5) is 2.92. The summed E-state index contributed by atoms with van der Waals surface area (Å²) in [6.45, 7) is 4.55. The van der Waals surface area contributed by atoms with Gasteiger partial charge in [-0.15, -0.1) is 11.3 Å². The highest BCUT2D eigenvalue weighted by molar-refractivity contribution is 7.12. The molecule has 0 radical (unpaired) electrons. The molecule has 0 bridgehead atoms. The molecule has 1 atom stereocenters. The largest absolute Gasteiger partial charge is 0.312 e. The number of rotatable bonds is 3. The second kappa shape index (κ2) is 3.10. The first-order valence-corrected chi connectivity index (χ1v) is 5.71. The van der Waals surface area contributed by atoms with Gasteiger partial charge in [0.05, 0.1) is 0 Å². The van der Waals surface area contributed by atoms with Crippen molar-refractivity contribution in [1.29, 1.82) is 0 Å². The molecule has 72 valence electrons. The van der Waals surface area contributed by atoms with Crippen molar-refractivity contribution in [1.82, 2.24) is 5.32 Å².